The molecule has 2 aromatic carbocycles. The van der Waals surface area contributed by atoms with E-state index in [1.54, 1.807) is 24.1 Å². The Labute approximate surface area is 158 Å². The summed E-state index contributed by atoms with van der Waals surface area (Å²) in [7, 11) is 1.64. The van der Waals surface area contributed by atoms with Gasteiger partial charge in [-0.1, -0.05) is 28.1 Å². The molecule has 3 amide bonds. The molecule has 0 saturated heterocycles. The first-order chi connectivity index (χ1) is 12.5. The van der Waals surface area contributed by atoms with Gasteiger partial charge >= 0.3 is 6.03 Å². The Hall–Kier alpha value is -2.67. The summed E-state index contributed by atoms with van der Waals surface area (Å²) in [5.74, 6) is -0.550. The molecule has 0 aromatic heterocycles. The largest absolute Gasteiger partial charge is 0.327 e. The van der Waals surface area contributed by atoms with Crippen molar-refractivity contribution in [2.75, 3.05) is 18.5 Å². The van der Waals surface area contributed by atoms with Crippen LogP contribution in [0.3, 0.4) is 0 Å². The Morgan fingerprint density at radius 1 is 1.08 bits per heavy atom. The summed E-state index contributed by atoms with van der Waals surface area (Å²) < 4.78 is 14.1. The van der Waals surface area contributed by atoms with Gasteiger partial charge in [-0.05, 0) is 42.0 Å². The molecule has 5 nitrogen and oxygen atoms in total. The lowest BCUT2D eigenvalue weighted by Crippen LogP contribution is -2.45. The van der Waals surface area contributed by atoms with E-state index in [1.165, 1.54) is 17.0 Å². The molecule has 0 saturated carbocycles. The molecule has 1 N–H and O–H groups in total. The zero-order valence-corrected chi connectivity index (χ0v) is 15.5. The third-order valence-electron chi connectivity index (χ3n) is 4.70. The first kappa shape index (κ1) is 16.8. The summed E-state index contributed by atoms with van der Waals surface area (Å²) in [6.07, 6.45) is 0. The van der Waals surface area contributed by atoms with Gasteiger partial charge in [0.1, 0.15) is 5.82 Å². The average Bonchev–Trinajstić information content (AvgIpc) is 2.97. The molecule has 2 aromatic rings. The molecular formula is C19H15BrFN3O2. The van der Waals surface area contributed by atoms with Gasteiger partial charge in [0.05, 0.1) is 23.9 Å². The van der Waals surface area contributed by atoms with Gasteiger partial charge in [-0.3, -0.25) is 9.69 Å². The number of benzene rings is 2. The molecule has 26 heavy (non-hydrogen) atoms. The molecule has 2 heterocycles. The van der Waals surface area contributed by atoms with Gasteiger partial charge in [-0.15, -0.1) is 0 Å². The minimum atomic E-state index is -0.514. The number of likely N-dealkylation sites (N-methyl/N-ethyl adjacent to an activating group) is 1. The third kappa shape index (κ3) is 2.68. The Morgan fingerprint density at radius 2 is 1.73 bits per heavy atom. The Kier molecular flexibility index (Phi) is 4.03. The number of nitrogens with one attached hydrogen (secondary N) is 1. The van der Waals surface area contributed by atoms with Crippen molar-refractivity contribution in [1.82, 2.24) is 10.2 Å². The summed E-state index contributed by atoms with van der Waals surface area (Å²) in [4.78, 5) is 28.5. The van der Waals surface area contributed by atoms with Crippen molar-refractivity contribution in [3.63, 3.8) is 0 Å². The normalized spacial score (nSPS) is 19.7. The van der Waals surface area contributed by atoms with Gasteiger partial charge in [-0.2, -0.15) is 0 Å². The number of hydrogen-bond acceptors (Lipinski definition) is 2. The monoisotopic (exact) mass is 415 g/mol. The van der Waals surface area contributed by atoms with E-state index in [1.807, 2.05) is 24.3 Å². The van der Waals surface area contributed by atoms with Crippen LogP contribution in [0.5, 0.6) is 0 Å². The van der Waals surface area contributed by atoms with Crippen molar-refractivity contribution < 1.29 is 14.0 Å². The van der Waals surface area contributed by atoms with E-state index in [2.05, 4.69) is 21.2 Å². The molecule has 0 aliphatic carbocycles. The lowest BCUT2D eigenvalue weighted by molar-refractivity contribution is -0.114. The summed E-state index contributed by atoms with van der Waals surface area (Å²) in [5.41, 5.74) is 2.63. The molecular weight excluding hydrogens is 401 g/mol. The first-order valence-electron chi connectivity index (χ1n) is 8.06. The highest BCUT2D eigenvalue weighted by Crippen LogP contribution is 2.37. The average molecular weight is 416 g/mol. The van der Waals surface area contributed by atoms with Crippen LogP contribution >= 0.6 is 15.9 Å². The molecule has 0 spiro atoms. The number of urea groups is 1. The predicted molar refractivity (Wildman–Crippen MR) is 99.0 cm³/mol. The Balaban J connectivity index is 1.75. The van der Waals surface area contributed by atoms with Gasteiger partial charge in [-0.25, -0.2) is 9.18 Å². The molecule has 0 fully saturated rings. The van der Waals surface area contributed by atoms with Gasteiger partial charge in [0, 0.05) is 17.2 Å². The maximum atomic E-state index is 13.2. The molecule has 0 bridgehead atoms. The fraction of sp³-hybridized carbons (Fsp3) is 0.158. The van der Waals surface area contributed by atoms with E-state index in [4.69, 9.17) is 0 Å². The number of hydrogen-bond donors (Lipinski definition) is 1. The van der Waals surface area contributed by atoms with E-state index in [0.29, 0.717) is 17.0 Å². The maximum Gasteiger partial charge on any atom is 0.322 e. The number of amides is 3. The summed E-state index contributed by atoms with van der Waals surface area (Å²) in [6, 6.07) is 12.5. The van der Waals surface area contributed by atoms with Crippen molar-refractivity contribution in [1.29, 1.82) is 0 Å². The second kappa shape index (κ2) is 6.25. The van der Waals surface area contributed by atoms with E-state index >= 15 is 0 Å². The Bertz CT molecular complexity index is 925. The van der Waals surface area contributed by atoms with Crippen LogP contribution in [-0.4, -0.2) is 30.4 Å². The van der Waals surface area contributed by atoms with Crippen LogP contribution in [0.4, 0.5) is 14.9 Å². The van der Waals surface area contributed by atoms with Crippen LogP contribution in [0.2, 0.25) is 0 Å². The highest BCUT2D eigenvalue weighted by atomic mass is 79.9. The fourth-order valence-corrected chi connectivity index (χ4v) is 3.57. The molecule has 2 aliphatic heterocycles. The minimum Gasteiger partial charge on any atom is -0.327 e. The number of rotatable bonds is 2. The summed E-state index contributed by atoms with van der Waals surface area (Å²) in [5, 5.41) is 2.89. The van der Waals surface area contributed by atoms with Crippen molar-refractivity contribution in [3.05, 3.63) is 75.7 Å². The fourth-order valence-electron chi connectivity index (χ4n) is 3.30. The standard InChI is InChI=1S/C19H15BrFN3O2/c1-23-15-10-24(14-8-6-13(21)7-9-14)18(25)16(15)17(22-19(23)26)11-2-4-12(20)5-3-11/h2-9,17H,10H2,1H3,(H,22,26)/t17-/m1/s1. The molecule has 2 aliphatic rings. The smallest absolute Gasteiger partial charge is 0.322 e. The Morgan fingerprint density at radius 3 is 2.38 bits per heavy atom. The molecule has 4 rings (SSSR count). The lowest BCUT2D eigenvalue weighted by Gasteiger charge is -2.31. The molecule has 7 heteroatoms. The molecule has 1 atom stereocenters. The van der Waals surface area contributed by atoms with Crippen LogP contribution in [0, 0.1) is 5.82 Å². The van der Waals surface area contributed by atoms with E-state index in [0.717, 1.165) is 10.0 Å². The van der Waals surface area contributed by atoms with Gasteiger partial charge in [0.25, 0.3) is 5.91 Å². The second-order valence-electron chi connectivity index (χ2n) is 6.22. The molecule has 132 valence electrons. The number of carbonyl (C=O) groups excluding carboxylic acids is 2. The minimum absolute atomic E-state index is 0.189. The van der Waals surface area contributed by atoms with Crippen LogP contribution in [0.25, 0.3) is 0 Å². The number of nitrogens with zero attached hydrogens (tertiary/aromatic N) is 2. The number of anilines is 1. The first-order valence-corrected chi connectivity index (χ1v) is 8.85. The van der Waals surface area contributed by atoms with Crippen molar-refractivity contribution in [2.24, 2.45) is 0 Å². The zero-order chi connectivity index (χ0) is 18.4. The number of carbonyl (C=O) groups is 2. The van der Waals surface area contributed by atoms with Crippen LogP contribution in [0.1, 0.15) is 11.6 Å². The van der Waals surface area contributed by atoms with Gasteiger partial charge in [0.15, 0.2) is 0 Å². The summed E-state index contributed by atoms with van der Waals surface area (Å²) in [6.45, 7) is 0.275. The highest BCUT2D eigenvalue weighted by molar-refractivity contribution is 9.10. The topological polar surface area (TPSA) is 52.7 Å². The van der Waals surface area contributed by atoms with Gasteiger partial charge < -0.3 is 10.2 Å². The predicted octanol–water partition coefficient (Wildman–Crippen LogP) is 3.59. The van der Waals surface area contributed by atoms with Crippen molar-refractivity contribution in [3.8, 4) is 0 Å². The van der Waals surface area contributed by atoms with E-state index in [9.17, 15) is 14.0 Å². The maximum absolute atomic E-state index is 13.2. The SMILES string of the molecule is CN1C(=O)N[C@H](c2ccc(Br)cc2)C2=C1CN(c1ccc(F)cc1)C2=O. The molecule has 0 radical (unpaired) electrons. The lowest BCUT2D eigenvalue weighted by atomic mass is 9.96. The van der Waals surface area contributed by atoms with E-state index < -0.39 is 6.04 Å². The second-order valence-corrected chi connectivity index (χ2v) is 7.14. The number of halogens is 2. The van der Waals surface area contributed by atoms with Crippen LogP contribution in [0.15, 0.2) is 64.3 Å². The quantitative estimate of drug-likeness (QED) is 0.814. The highest BCUT2D eigenvalue weighted by Gasteiger charge is 2.43. The van der Waals surface area contributed by atoms with Crippen LogP contribution in [-0.2, 0) is 4.79 Å². The van der Waals surface area contributed by atoms with Crippen molar-refractivity contribution in [2.45, 2.75) is 6.04 Å². The van der Waals surface area contributed by atoms with Crippen LogP contribution < -0.4 is 10.2 Å². The molecule has 0 unspecified atom stereocenters. The van der Waals surface area contributed by atoms with E-state index in [-0.39, 0.29) is 24.3 Å². The third-order valence-corrected chi connectivity index (χ3v) is 5.23. The zero-order valence-electron chi connectivity index (χ0n) is 13.9. The van der Waals surface area contributed by atoms with Gasteiger partial charge in [0.2, 0.25) is 0 Å². The van der Waals surface area contributed by atoms with Crippen molar-refractivity contribution >= 4 is 33.6 Å². The summed E-state index contributed by atoms with van der Waals surface area (Å²) >= 11 is 3.39.